The number of nitriles is 1. The lowest BCUT2D eigenvalue weighted by Gasteiger charge is -2.15. The van der Waals surface area contributed by atoms with Crippen molar-refractivity contribution in [2.75, 3.05) is 18.6 Å². The maximum atomic E-state index is 12.9. The number of hydrogen-bond acceptors (Lipinski definition) is 6. The molecule has 0 saturated carbocycles. The van der Waals surface area contributed by atoms with Gasteiger partial charge in [0.2, 0.25) is 0 Å². The number of methoxy groups -OCH3 is 1. The third kappa shape index (κ3) is 4.26. The summed E-state index contributed by atoms with van der Waals surface area (Å²) in [4.78, 5) is 14.7. The molecule has 1 saturated heterocycles. The zero-order valence-corrected chi connectivity index (χ0v) is 17.6. The van der Waals surface area contributed by atoms with Crippen molar-refractivity contribution in [3.63, 3.8) is 0 Å². The highest BCUT2D eigenvalue weighted by Gasteiger charge is 2.33. The Bertz CT molecular complexity index is 1030. The van der Waals surface area contributed by atoms with Gasteiger partial charge in [-0.2, -0.15) is 5.26 Å². The van der Waals surface area contributed by atoms with E-state index in [1.165, 1.54) is 23.8 Å². The molecule has 9 heteroatoms. The molecule has 0 aromatic heterocycles. The van der Waals surface area contributed by atoms with E-state index >= 15 is 0 Å². The number of nitrogens with zero attached hydrogens (tertiary/aromatic N) is 2. The Kier molecular flexibility index (Phi) is 6.47. The predicted octanol–water partition coefficient (Wildman–Crippen LogP) is 5.31. The number of carbonyl (C=O) groups is 1. The monoisotopic (exact) mass is 450 g/mol. The SMILES string of the molecule is COc1cc(/C=C2/SC(=S)N(c3ccc(Cl)c(Cl)c3)C2=O)ccc1OCC#N. The first kappa shape index (κ1) is 20.5. The van der Waals surface area contributed by atoms with E-state index in [0.717, 1.165) is 5.56 Å². The summed E-state index contributed by atoms with van der Waals surface area (Å²) in [5.41, 5.74) is 1.29. The molecule has 1 amide bonds. The molecule has 0 unspecified atom stereocenters. The Morgan fingerprint density at radius 1 is 1.21 bits per heavy atom. The average molecular weight is 451 g/mol. The van der Waals surface area contributed by atoms with Crippen molar-refractivity contribution in [2.45, 2.75) is 0 Å². The zero-order valence-electron chi connectivity index (χ0n) is 14.4. The van der Waals surface area contributed by atoms with Crippen LogP contribution in [0.1, 0.15) is 5.56 Å². The summed E-state index contributed by atoms with van der Waals surface area (Å²) >= 11 is 18.6. The van der Waals surface area contributed by atoms with Crippen molar-refractivity contribution in [3.8, 4) is 17.6 Å². The molecule has 3 rings (SSSR count). The van der Waals surface area contributed by atoms with Crippen LogP contribution < -0.4 is 14.4 Å². The zero-order chi connectivity index (χ0) is 20.3. The number of anilines is 1. The number of halogens is 2. The van der Waals surface area contributed by atoms with Gasteiger partial charge in [0.05, 0.1) is 27.7 Å². The second-order valence-corrected chi connectivity index (χ2v) is 7.96. The van der Waals surface area contributed by atoms with Crippen molar-refractivity contribution in [2.24, 2.45) is 0 Å². The first-order valence-electron chi connectivity index (χ1n) is 7.85. The first-order valence-corrected chi connectivity index (χ1v) is 9.83. The third-order valence-electron chi connectivity index (χ3n) is 3.73. The number of amides is 1. The molecule has 1 heterocycles. The molecule has 0 bridgehead atoms. The van der Waals surface area contributed by atoms with Crippen molar-refractivity contribution >= 4 is 69.2 Å². The van der Waals surface area contributed by atoms with E-state index in [1.54, 1.807) is 42.5 Å². The van der Waals surface area contributed by atoms with Crippen LogP contribution in [0.2, 0.25) is 10.0 Å². The molecule has 1 aliphatic rings. The number of thioether (sulfide) groups is 1. The summed E-state index contributed by atoms with van der Waals surface area (Å²) in [6, 6.07) is 12.0. The third-order valence-corrected chi connectivity index (χ3v) is 5.77. The van der Waals surface area contributed by atoms with Gasteiger partial charge in [0.15, 0.2) is 22.4 Å². The molecule has 1 fully saturated rings. The quantitative estimate of drug-likeness (QED) is 0.454. The number of rotatable bonds is 5. The van der Waals surface area contributed by atoms with Crippen molar-refractivity contribution < 1.29 is 14.3 Å². The molecule has 2 aromatic rings. The van der Waals surface area contributed by atoms with Crippen LogP contribution in [-0.4, -0.2) is 23.9 Å². The number of hydrogen-bond donors (Lipinski definition) is 0. The van der Waals surface area contributed by atoms with Gasteiger partial charge in [-0.1, -0.05) is 53.2 Å². The lowest BCUT2D eigenvalue weighted by molar-refractivity contribution is -0.113. The van der Waals surface area contributed by atoms with Crippen LogP contribution in [0.4, 0.5) is 5.69 Å². The molecule has 2 aromatic carbocycles. The van der Waals surface area contributed by atoms with Crippen LogP contribution in [0.25, 0.3) is 6.08 Å². The van der Waals surface area contributed by atoms with Gasteiger partial charge in [0.1, 0.15) is 6.07 Å². The fourth-order valence-corrected chi connectivity index (χ4v) is 4.06. The molecule has 0 atom stereocenters. The van der Waals surface area contributed by atoms with Gasteiger partial charge in [-0.25, -0.2) is 0 Å². The van der Waals surface area contributed by atoms with Gasteiger partial charge in [0.25, 0.3) is 5.91 Å². The van der Waals surface area contributed by atoms with E-state index in [1.807, 2.05) is 6.07 Å². The normalized spacial score (nSPS) is 15.1. The Labute approximate surface area is 181 Å². The highest BCUT2D eigenvalue weighted by atomic mass is 35.5. The molecule has 0 aliphatic carbocycles. The topological polar surface area (TPSA) is 62.6 Å². The molecule has 28 heavy (non-hydrogen) atoms. The maximum absolute atomic E-state index is 12.9. The Morgan fingerprint density at radius 3 is 2.68 bits per heavy atom. The van der Waals surface area contributed by atoms with Gasteiger partial charge in [-0.3, -0.25) is 9.69 Å². The number of benzene rings is 2. The highest BCUT2D eigenvalue weighted by Crippen LogP contribution is 2.38. The van der Waals surface area contributed by atoms with E-state index in [2.05, 4.69) is 0 Å². The molecule has 1 aliphatic heterocycles. The summed E-state index contributed by atoms with van der Waals surface area (Å²) < 4.78 is 11.0. The van der Waals surface area contributed by atoms with Gasteiger partial charge in [-0.15, -0.1) is 0 Å². The molecule has 0 spiro atoms. The molecular weight excluding hydrogens is 439 g/mol. The van der Waals surface area contributed by atoms with Crippen LogP contribution in [0, 0.1) is 11.3 Å². The Morgan fingerprint density at radius 2 is 2.00 bits per heavy atom. The van der Waals surface area contributed by atoms with E-state index < -0.39 is 0 Å². The summed E-state index contributed by atoms with van der Waals surface area (Å²) in [5.74, 6) is 0.658. The van der Waals surface area contributed by atoms with E-state index in [4.69, 9.17) is 50.2 Å². The highest BCUT2D eigenvalue weighted by molar-refractivity contribution is 8.27. The van der Waals surface area contributed by atoms with Crippen LogP contribution in [-0.2, 0) is 4.79 Å². The van der Waals surface area contributed by atoms with Crippen LogP contribution in [0.15, 0.2) is 41.3 Å². The number of thiocarbonyl (C=S) groups is 1. The minimum Gasteiger partial charge on any atom is -0.493 e. The molecule has 0 N–H and O–H groups in total. The lowest BCUT2D eigenvalue weighted by atomic mass is 10.2. The first-order chi connectivity index (χ1) is 13.4. The summed E-state index contributed by atoms with van der Waals surface area (Å²) in [6.07, 6.45) is 1.72. The summed E-state index contributed by atoms with van der Waals surface area (Å²) in [5, 5.41) is 9.39. The molecular formula is C19H12Cl2N2O3S2. The fourth-order valence-electron chi connectivity index (χ4n) is 2.47. The summed E-state index contributed by atoms with van der Waals surface area (Å²) in [7, 11) is 1.50. The molecule has 0 radical (unpaired) electrons. The predicted molar refractivity (Wildman–Crippen MR) is 116 cm³/mol. The smallest absolute Gasteiger partial charge is 0.270 e. The standard InChI is InChI=1S/C19H12Cl2N2O3S2/c1-25-16-8-11(2-5-15(16)26-7-6-22)9-17-18(24)23(19(27)28-17)12-3-4-13(20)14(21)10-12/h2-5,8-10H,7H2,1H3/b17-9+. The van der Waals surface area contributed by atoms with Gasteiger partial charge in [-0.05, 0) is 42.0 Å². The maximum Gasteiger partial charge on any atom is 0.270 e. The van der Waals surface area contributed by atoms with Crippen molar-refractivity contribution in [3.05, 3.63) is 56.9 Å². The van der Waals surface area contributed by atoms with Gasteiger partial charge < -0.3 is 9.47 Å². The molecule has 5 nitrogen and oxygen atoms in total. The number of ether oxygens (including phenoxy) is 2. The van der Waals surface area contributed by atoms with Crippen molar-refractivity contribution in [1.82, 2.24) is 0 Å². The average Bonchev–Trinajstić information content (AvgIpc) is 2.96. The van der Waals surface area contributed by atoms with Gasteiger partial charge in [0, 0.05) is 0 Å². The number of carbonyl (C=O) groups excluding carboxylic acids is 1. The van der Waals surface area contributed by atoms with E-state index in [0.29, 0.717) is 36.5 Å². The van der Waals surface area contributed by atoms with Gasteiger partial charge >= 0.3 is 0 Å². The van der Waals surface area contributed by atoms with Crippen LogP contribution in [0.5, 0.6) is 11.5 Å². The second-order valence-electron chi connectivity index (χ2n) is 5.47. The molecule has 142 valence electrons. The fraction of sp³-hybridized carbons (Fsp3) is 0.105. The Hall–Kier alpha value is -2.24. The van der Waals surface area contributed by atoms with E-state index in [9.17, 15) is 4.79 Å². The summed E-state index contributed by atoms with van der Waals surface area (Å²) in [6.45, 7) is -0.0853. The largest absolute Gasteiger partial charge is 0.493 e. The lowest BCUT2D eigenvalue weighted by Crippen LogP contribution is -2.27. The van der Waals surface area contributed by atoms with Crippen LogP contribution in [0.3, 0.4) is 0 Å². The van der Waals surface area contributed by atoms with Crippen molar-refractivity contribution in [1.29, 1.82) is 5.26 Å². The minimum absolute atomic E-state index is 0.0853. The Balaban J connectivity index is 1.89. The minimum atomic E-state index is -0.253. The van der Waals surface area contributed by atoms with E-state index in [-0.39, 0.29) is 12.5 Å². The second kappa shape index (κ2) is 8.84. The van der Waals surface area contributed by atoms with Crippen LogP contribution >= 0.6 is 47.2 Å².